The Morgan fingerprint density at radius 1 is 1.17 bits per heavy atom. The smallest absolute Gasteiger partial charge is 0.261 e. The van der Waals surface area contributed by atoms with Crippen LogP contribution in [0.4, 0.5) is 5.69 Å². The summed E-state index contributed by atoms with van der Waals surface area (Å²) < 4.78 is 30.7. The maximum absolute atomic E-state index is 12.9. The van der Waals surface area contributed by atoms with E-state index in [1.54, 1.807) is 48.5 Å². The minimum Gasteiger partial charge on any atom is -0.315 e. The first-order valence-corrected chi connectivity index (χ1v) is 11.8. The van der Waals surface area contributed by atoms with Crippen LogP contribution in [0.25, 0.3) is 11.4 Å². The molecule has 0 aliphatic carbocycles. The van der Waals surface area contributed by atoms with Gasteiger partial charge < -0.3 is 9.88 Å². The van der Waals surface area contributed by atoms with Crippen molar-refractivity contribution in [2.24, 2.45) is 0 Å². The van der Waals surface area contributed by atoms with E-state index in [1.165, 1.54) is 0 Å². The molecule has 7 nitrogen and oxygen atoms in total. The SMILES string of the molecule is CC(C)c1nnc(-c2cc(Cl)ccc2NS(=O)(=O)c2ccccc2)n1C1CCNC1. The van der Waals surface area contributed by atoms with E-state index in [-0.39, 0.29) is 16.9 Å². The van der Waals surface area contributed by atoms with Crippen molar-refractivity contribution in [1.82, 2.24) is 20.1 Å². The van der Waals surface area contributed by atoms with E-state index >= 15 is 0 Å². The van der Waals surface area contributed by atoms with Gasteiger partial charge in [0.2, 0.25) is 0 Å². The van der Waals surface area contributed by atoms with Crippen LogP contribution in [-0.2, 0) is 10.0 Å². The normalized spacial score (nSPS) is 16.9. The Labute approximate surface area is 181 Å². The zero-order valence-electron chi connectivity index (χ0n) is 16.8. The molecule has 1 fully saturated rings. The van der Waals surface area contributed by atoms with Crippen LogP contribution in [-0.4, -0.2) is 36.3 Å². The molecule has 4 rings (SSSR count). The highest BCUT2D eigenvalue weighted by molar-refractivity contribution is 7.92. The molecule has 30 heavy (non-hydrogen) atoms. The first kappa shape index (κ1) is 20.8. The van der Waals surface area contributed by atoms with Crippen LogP contribution in [0.5, 0.6) is 0 Å². The summed E-state index contributed by atoms with van der Waals surface area (Å²) in [5, 5.41) is 12.8. The number of nitrogens with one attached hydrogen (secondary N) is 2. The largest absolute Gasteiger partial charge is 0.315 e. The molecular weight excluding hydrogens is 422 g/mol. The fraction of sp³-hybridized carbons (Fsp3) is 0.333. The van der Waals surface area contributed by atoms with Crippen LogP contribution in [0, 0.1) is 0 Å². The molecule has 2 N–H and O–H groups in total. The quantitative estimate of drug-likeness (QED) is 0.597. The molecule has 1 aliphatic heterocycles. The molecule has 0 bridgehead atoms. The van der Waals surface area contributed by atoms with Crippen molar-refractivity contribution in [3.8, 4) is 11.4 Å². The summed E-state index contributed by atoms with van der Waals surface area (Å²) >= 11 is 6.29. The third kappa shape index (κ3) is 4.08. The second kappa shape index (κ2) is 8.37. The van der Waals surface area contributed by atoms with Crippen LogP contribution >= 0.6 is 11.6 Å². The Hall–Kier alpha value is -2.42. The average Bonchev–Trinajstić information content (AvgIpc) is 3.39. The molecule has 1 unspecified atom stereocenters. The van der Waals surface area contributed by atoms with Crippen molar-refractivity contribution < 1.29 is 8.42 Å². The van der Waals surface area contributed by atoms with E-state index in [9.17, 15) is 8.42 Å². The highest BCUT2D eigenvalue weighted by Gasteiger charge is 2.27. The fourth-order valence-corrected chi connectivity index (χ4v) is 4.97. The van der Waals surface area contributed by atoms with E-state index in [1.807, 2.05) is 0 Å². The molecule has 0 saturated carbocycles. The minimum absolute atomic E-state index is 0.176. The van der Waals surface area contributed by atoms with Gasteiger partial charge in [-0.15, -0.1) is 10.2 Å². The monoisotopic (exact) mass is 445 g/mol. The van der Waals surface area contributed by atoms with Gasteiger partial charge in [-0.3, -0.25) is 4.72 Å². The Kier molecular flexibility index (Phi) is 5.81. The molecule has 9 heteroatoms. The number of hydrogen-bond donors (Lipinski definition) is 2. The summed E-state index contributed by atoms with van der Waals surface area (Å²) in [7, 11) is -3.76. The molecule has 0 radical (unpaired) electrons. The third-order valence-corrected chi connectivity index (χ3v) is 6.77. The molecule has 0 amide bonds. The molecule has 1 atom stereocenters. The lowest BCUT2D eigenvalue weighted by molar-refractivity contribution is 0.514. The van der Waals surface area contributed by atoms with E-state index in [4.69, 9.17) is 11.6 Å². The van der Waals surface area contributed by atoms with Crippen molar-refractivity contribution in [2.75, 3.05) is 17.8 Å². The molecule has 1 aromatic heterocycles. The highest BCUT2D eigenvalue weighted by atomic mass is 35.5. The molecule has 1 aliphatic rings. The van der Waals surface area contributed by atoms with Gasteiger partial charge in [-0.1, -0.05) is 43.6 Å². The number of benzene rings is 2. The predicted octanol–water partition coefficient (Wildman–Crippen LogP) is 4.06. The van der Waals surface area contributed by atoms with Gasteiger partial charge in [0.05, 0.1) is 16.6 Å². The summed E-state index contributed by atoms with van der Waals surface area (Å²) in [4.78, 5) is 0.190. The van der Waals surface area contributed by atoms with E-state index in [0.717, 1.165) is 25.3 Å². The first-order valence-electron chi connectivity index (χ1n) is 9.90. The van der Waals surface area contributed by atoms with Gasteiger partial charge in [0.15, 0.2) is 5.82 Å². The van der Waals surface area contributed by atoms with Crippen LogP contribution in [0.2, 0.25) is 5.02 Å². The van der Waals surface area contributed by atoms with E-state index in [0.29, 0.717) is 22.1 Å². The van der Waals surface area contributed by atoms with Gasteiger partial charge in [0, 0.05) is 23.0 Å². The van der Waals surface area contributed by atoms with Crippen LogP contribution in [0.15, 0.2) is 53.4 Å². The Morgan fingerprint density at radius 3 is 2.60 bits per heavy atom. The van der Waals surface area contributed by atoms with Gasteiger partial charge in [0.25, 0.3) is 10.0 Å². The summed E-state index contributed by atoms with van der Waals surface area (Å²) in [6.07, 6.45) is 0.955. The molecule has 0 spiro atoms. The topological polar surface area (TPSA) is 88.9 Å². The van der Waals surface area contributed by atoms with Crippen molar-refractivity contribution in [3.63, 3.8) is 0 Å². The zero-order valence-corrected chi connectivity index (χ0v) is 18.4. The van der Waals surface area contributed by atoms with Crippen molar-refractivity contribution >= 4 is 27.3 Å². The van der Waals surface area contributed by atoms with Crippen molar-refractivity contribution in [1.29, 1.82) is 0 Å². The van der Waals surface area contributed by atoms with E-state index in [2.05, 4.69) is 38.7 Å². The number of sulfonamides is 1. The van der Waals surface area contributed by atoms with Crippen LogP contribution in [0.3, 0.4) is 0 Å². The number of aromatic nitrogens is 3. The third-order valence-electron chi connectivity index (χ3n) is 5.16. The maximum atomic E-state index is 12.9. The fourth-order valence-electron chi connectivity index (χ4n) is 3.69. The highest BCUT2D eigenvalue weighted by Crippen LogP contribution is 2.35. The Balaban J connectivity index is 1.82. The van der Waals surface area contributed by atoms with E-state index < -0.39 is 10.0 Å². The second-order valence-electron chi connectivity index (χ2n) is 7.66. The molecule has 2 heterocycles. The summed E-state index contributed by atoms with van der Waals surface area (Å²) in [5.74, 6) is 1.66. The summed E-state index contributed by atoms with van der Waals surface area (Å²) in [5.41, 5.74) is 1.02. The van der Waals surface area contributed by atoms with Gasteiger partial charge in [-0.2, -0.15) is 0 Å². The molecule has 158 valence electrons. The Bertz CT molecular complexity index is 1140. The van der Waals surface area contributed by atoms with Gasteiger partial charge in [-0.05, 0) is 43.3 Å². The summed E-state index contributed by atoms with van der Waals surface area (Å²) in [6.45, 7) is 5.88. The number of halogens is 1. The zero-order chi connectivity index (χ0) is 21.3. The molecule has 1 saturated heterocycles. The minimum atomic E-state index is -3.76. The average molecular weight is 446 g/mol. The standard InChI is InChI=1S/C21H24ClN5O2S/c1-14(2)20-24-25-21(27(20)16-10-11-23-13-16)18-12-15(22)8-9-19(18)26-30(28,29)17-6-4-3-5-7-17/h3-9,12,14,16,23,26H,10-11,13H2,1-2H3. The summed E-state index contributed by atoms with van der Waals surface area (Å²) in [6, 6.07) is 13.5. The molecule has 2 aromatic carbocycles. The van der Waals surface area contributed by atoms with Crippen LogP contribution < -0.4 is 10.0 Å². The Morgan fingerprint density at radius 2 is 1.93 bits per heavy atom. The first-order chi connectivity index (χ1) is 14.4. The number of hydrogen-bond acceptors (Lipinski definition) is 5. The van der Waals surface area contributed by atoms with Crippen molar-refractivity contribution in [3.05, 3.63) is 59.4 Å². The number of nitrogens with zero attached hydrogens (tertiary/aromatic N) is 3. The second-order valence-corrected chi connectivity index (χ2v) is 9.78. The van der Waals surface area contributed by atoms with Gasteiger partial charge in [0.1, 0.15) is 5.82 Å². The lowest BCUT2D eigenvalue weighted by Crippen LogP contribution is -2.18. The molecule has 3 aromatic rings. The lowest BCUT2D eigenvalue weighted by atomic mass is 10.1. The van der Waals surface area contributed by atoms with Crippen molar-refractivity contribution in [2.45, 2.75) is 37.1 Å². The van der Waals surface area contributed by atoms with Crippen LogP contribution in [0.1, 0.15) is 38.1 Å². The lowest BCUT2D eigenvalue weighted by Gasteiger charge is -2.20. The molecular formula is C21H24ClN5O2S. The van der Waals surface area contributed by atoms with Gasteiger partial charge >= 0.3 is 0 Å². The van der Waals surface area contributed by atoms with Gasteiger partial charge in [-0.25, -0.2) is 8.42 Å². The maximum Gasteiger partial charge on any atom is 0.261 e. The number of rotatable bonds is 6. The predicted molar refractivity (Wildman–Crippen MR) is 118 cm³/mol. The number of anilines is 1.